The quantitative estimate of drug-likeness (QED) is 0.772. The third kappa shape index (κ3) is 2.52. The van der Waals surface area contributed by atoms with Crippen molar-refractivity contribution in [3.05, 3.63) is 53.1 Å². The van der Waals surface area contributed by atoms with Crippen LogP contribution < -0.4 is 10.5 Å². The highest BCUT2D eigenvalue weighted by atomic mass is 16.5. The maximum Gasteiger partial charge on any atom is 0.231 e. The highest BCUT2D eigenvalue weighted by molar-refractivity contribution is 5.84. The van der Waals surface area contributed by atoms with E-state index in [1.54, 1.807) is 0 Å². The third-order valence-corrected chi connectivity index (χ3v) is 3.56. The van der Waals surface area contributed by atoms with E-state index in [-0.39, 0.29) is 5.95 Å². The van der Waals surface area contributed by atoms with Crippen LogP contribution in [-0.4, -0.2) is 9.97 Å². The lowest BCUT2D eigenvalue weighted by Gasteiger charge is -2.13. The van der Waals surface area contributed by atoms with Crippen molar-refractivity contribution < 1.29 is 4.74 Å². The molecule has 2 aromatic carbocycles. The summed E-state index contributed by atoms with van der Waals surface area (Å²) in [6, 6.07) is 11.8. The number of hydrogen-bond donors (Lipinski definition) is 1. The molecule has 0 atom stereocenters. The lowest BCUT2D eigenvalue weighted by Crippen LogP contribution is -2.00. The van der Waals surface area contributed by atoms with E-state index in [1.165, 1.54) is 5.56 Å². The Morgan fingerprint density at radius 1 is 1.00 bits per heavy atom. The summed E-state index contributed by atoms with van der Waals surface area (Å²) in [6.45, 7) is 6.16. The van der Waals surface area contributed by atoms with Gasteiger partial charge in [-0.1, -0.05) is 18.2 Å². The first kappa shape index (κ1) is 13.4. The zero-order chi connectivity index (χ0) is 15.0. The van der Waals surface area contributed by atoms with E-state index in [0.29, 0.717) is 5.88 Å². The van der Waals surface area contributed by atoms with Crippen LogP contribution in [-0.2, 0) is 0 Å². The fraction of sp³-hybridized carbons (Fsp3) is 0.176. The Balaban J connectivity index is 2.14. The SMILES string of the molecule is Cc1cc(C)c(C)c(Oc2nc(N)nc3ccccc23)c1. The number of rotatable bonds is 2. The molecule has 3 aromatic rings. The fourth-order valence-corrected chi connectivity index (χ4v) is 2.35. The van der Waals surface area contributed by atoms with Crippen LogP contribution in [0.15, 0.2) is 36.4 Å². The molecule has 0 fully saturated rings. The smallest absolute Gasteiger partial charge is 0.231 e. The van der Waals surface area contributed by atoms with Crippen molar-refractivity contribution in [1.82, 2.24) is 9.97 Å². The topological polar surface area (TPSA) is 61.0 Å². The second kappa shape index (κ2) is 5.05. The number of ether oxygens (including phenoxy) is 1. The van der Waals surface area contributed by atoms with Gasteiger partial charge in [0, 0.05) is 0 Å². The highest BCUT2D eigenvalue weighted by Gasteiger charge is 2.11. The zero-order valence-electron chi connectivity index (χ0n) is 12.3. The number of anilines is 1. The van der Waals surface area contributed by atoms with Crippen LogP contribution in [0.25, 0.3) is 10.9 Å². The molecule has 4 nitrogen and oxygen atoms in total. The summed E-state index contributed by atoms with van der Waals surface area (Å²) >= 11 is 0. The van der Waals surface area contributed by atoms with E-state index in [0.717, 1.165) is 27.8 Å². The number of para-hydroxylation sites is 1. The Kier molecular flexibility index (Phi) is 3.22. The fourth-order valence-electron chi connectivity index (χ4n) is 2.35. The molecule has 0 aliphatic heterocycles. The second-order valence-corrected chi connectivity index (χ2v) is 5.21. The van der Waals surface area contributed by atoms with Crippen molar-refractivity contribution in [3.8, 4) is 11.6 Å². The molecule has 0 radical (unpaired) electrons. The van der Waals surface area contributed by atoms with Gasteiger partial charge in [-0.25, -0.2) is 4.98 Å². The van der Waals surface area contributed by atoms with Crippen LogP contribution >= 0.6 is 0 Å². The Bertz CT molecular complexity index is 828. The van der Waals surface area contributed by atoms with Crippen LogP contribution in [0.4, 0.5) is 5.95 Å². The zero-order valence-corrected chi connectivity index (χ0v) is 12.3. The lowest BCUT2D eigenvalue weighted by atomic mass is 10.1. The minimum atomic E-state index is 0.214. The van der Waals surface area contributed by atoms with Gasteiger partial charge in [-0.2, -0.15) is 4.98 Å². The standard InChI is InChI=1S/C17H17N3O/c1-10-8-11(2)12(3)15(9-10)21-16-13-6-4-5-7-14(13)19-17(18)20-16/h4-9H,1-3H3,(H2,18,19,20). The van der Waals surface area contributed by atoms with Crippen molar-refractivity contribution >= 4 is 16.9 Å². The number of aromatic nitrogens is 2. The molecule has 0 spiro atoms. The van der Waals surface area contributed by atoms with Crippen molar-refractivity contribution in [3.63, 3.8) is 0 Å². The molecule has 0 aliphatic carbocycles. The molecule has 0 saturated heterocycles. The Labute approximate surface area is 123 Å². The summed E-state index contributed by atoms with van der Waals surface area (Å²) in [7, 11) is 0. The summed E-state index contributed by atoms with van der Waals surface area (Å²) in [5.41, 5.74) is 10.00. The average molecular weight is 279 g/mol. The number of nitrogens with zero attached hydrogens (tertiary/aromatic N) is 2. The summed E-state index contributed by atoms with van der Waals surface area (Å²) in [5.74, 6) is 1.51. The summed E-state index contributed by atoms with van der Waals surface area (Å²) in [5, 5.41) is 0.852. The van der Waals surface area contributed by atoms with Crippen molar-refractivity contribution in [1.29, 1.82) is 0 Å². The van der Waals surface area contributed by atoms with Gasteiger partial charge >= 0.3 is 0 Å². The van der Waals surface area contributed by atoms with Crippen LogP contribution in [0, 0.1) is 20.8 Å². The van der Waals surface area contributed by atoms with Gasteiger partial charge in [0.1, 0.15) is 5.75 Å². The summed E-state index contributed by atoms with van der Waals surface area (Å²) in [6.07, 6.45) is 0. The van der Waals surface area contributed by atoms with Crippen LogP contribution in [0.1, 0.15) is 16.7 Å². The minimum absolute atomic E-state index is 0.214. The largest absolute Gasteiger partial charge is 0.438 e. The first-order chi connectivity index (χ1) is 10.0. The van der Waals surface area contributed by atoms with Gasteiger partial charge in [0.25, 0.3) is 0 Å². The molecular formula is C17H17N3O. The van der Waals surface area contributed by atoms with E-state index in [2.05, 4.69) is 23.0 Å². The van der Waals surface area contributed by atoms with E-state index >= 15 is 0 Å². The number of nitrogens with two attached hydrogens (primary N) is 1. The number of aryl methyl sites for hydroxylation is 2. The van der Waals surface area contributed by atoms with Crippen LogP contribution in [0.5, 0.6) is 11.6 Å². The lowest BCUT2D eigenvalue weighted by molar-refractivity contribution is 0.465. The molecule has 0 saturated carbocycles. The Morgan fingerprint density at radius 2 is 1.76 bits per heavy atom. The molecule has 0 bridgehead atoms. The molecule has 1 heterocycles. The number of fused-ring (bicyclic) bond motifs is 1. The molecule has 4 heteroatoms. The maximum absolute atomic E-state index is 6.03. The number of benzene rings is 2. The predicted molar refractivity (Wildman–Crippen MR) is 84.7 cm³/mol. The molecule has 2 N–H and O–H groups in total. The Hall–Kier alpha value is -2.62. The second-order valence-electron chi connectivity index (χ2n) is 5.21. The third-order valence-electron chi connectivity index (χ3n) is 3.56. The number of hydrogen-bond acceptors (Lipinski definition) is 4. The average Bonchev–Trinajstić information content (AvgIpc) is 2.44. The van der Waals surface area contributed by atoms with Gasteiger partial charge < -0.3 is 10.5 Å². The summed E-state index contributed by atoms with van der Waals surface area (Å²) < 4.78 is 6.03. The van der Waals surface area contributed by atoms with Gasteiger partial charge in [-0.05, 0) is 55.7 Å². The number of nitrogen functional groups attached to an aromatic ring is 1. The van der Waals surface area contributed by atoms with Crippen LogP contribution in [0.3, 0.4) is 0 Å². The Morgan fingerprint density at radius 3 is 2.57 bits per heavy atom. The monoisotopic (exact) mass is 279 g/mol. The van der Waals surface area contributed by atoms with Gasteiger partial charge in [0.2, 0.25) is 11.8 Å². The van der Waals surface area contributed by atoms with Gasteiger partial charge in [0.05, 0.1) is 10.9 Å². The summed E-state index contributed by atoms with van der Waals surface area (Å²) in [4.78, 5) is 8.46. The van der Waals surface area contributed by atoms with E-state index in [1.807, 2.05) is 44.2 Å². The molecular weight excluding hydrogens is 262 g/mol. The first-order valence-electron chi connectivity index (χ1n) is 6.82. The van der Waals surface area contributed by atoms with Gasteiger partial charge in [0.15, 0.2) is 0 Å². The molecule has 21 heavy (non-hydrogen) atoms. The van der Waals surface area contributed by atoms with Crippen molar-refractivity contribution in [2.24, 2.45) is 0 Å². The molecule has 0 aliphatic rings. The van der Waals surface area contributed by atoms with Crippen LogP contribution in [0.2, 0.25) is 0 Å². The van der Waals surface area contributed by atoms with Gasteiger partial charge in [-0.3, -0.25) is 0 Å². The van der Waals surface area contributed by atoms with Crippen molar-refractivity contribution in [2.45, 2.75) is 20.8 Å². The maximum atomic E-state index is 6.03. The van der Waals surface area contributed by atoms with E-state index < -0.39 is 0 Å². The molecule has 3 rings (SSSR count). The predicted octanol–water partition coefficient (Wildman–Crippen LogP) is 3.93. The molecule has 1 aromatic heterocycles. The normalized spacial score (nSPS) is 10.8. The minimum Gasteiger partial charge on any atom is -0.438 e. The first-order valence-corrected chi connectivity index (χ1v) is 6.82. The molecule has 0 unspecified atom stereocenters. The highest BCUT2D eigenvalue weighted by Crippen LogP contribution is 2.31. The van der Waals surface area contributed by atoms with Gasteiger partial charge in [-0.15, -0.1) is 0 Å². The van der Waals surface area contributed by atoms with E-state index in [4.69, 9.17) is 10.5 Å². The molecule has 106 valence electrons. The van der Waals surface area contributed by atoms with E-state index in [9.17, 15) is 0 Å². The van der Waals surface area contributed by atoms with Crippen molar-refractivity contribution in [2.75, 3.05) is 5.73 Å². The molecule has 0 amide bonds.